The Morgan fingerprint density at radius 3 is 2.67 bits per heavy atom. The molecule has 0 bridgehead atoms. The zero-order chi connectivity index (χ0) is 11.4. The van der Waals surface area contributed by atoms with Crippen molar-refractivity contribution in [1.82, 2.24) is 4.90 Å². The average Bonchev–Trinajstić information content (AvgIpc) is 2.51. The number of hydrogen-bond donors (Lipinski definition) is 1. The predicted molar refractivity (Wildman–Crippen MR) is 62.6 cm³/mol. The van der Waals surface area contributed by atoms with Gasteiger partial charge in [-0.05, 0) is 32.6 Å². The lowest BCUT2D eigenvalue weighted by Gasteiger charge is -2.22. The molecule has 0 saturated carbocycles. The molecule has 1 heterocycles. The number of nitrogens with zero attached hydrogens (tertiary/aromatic N) is 1. The van der Waals surface area contributed by atoms with Crippen LogP contribution < -0.4 is 0 Å². The molecule has 1 atom stereocenters. The molecule has 1 aromatic rings. The lowest BCUT2D eigenvalue weighted by Crippen LogP contribution is -2.19. The quantitative estimate of drug-likeness (QED) is 0.870. The molecule has 84 valence electrons. The monoisotopic (exact) mass is 247 g/mol. The molecule has 1 aromatic heterocycles. The summed E-state index contributed by atoms with van der Waals surface area (Å²) in [7, 11) is 3.89. The first-order chi connectivity index (χ1) is 7.00. The Kier molecular flexibility index (Phi) is 4.57. The molecule has 5 heteroatoms. The highest BCUT2D eigenvalue weighted by atomic mass is 35.5. The molecule has 0 saturated heterocycles. The van der Waals surface area contributed by atoms with Gasteiger partial charge in [-0.25, -0.2) is 0 Å². The smallest absolute Gasteiger partial charge is 0.303 e. The van der Waals surface area contributed by atoms with Crippen LogP contribution in [0.2, 0.25) is 4.34 Å². The van der Waals surface area contributed by atoms with Crippen molar-refractivity contribution in [2.24, 2.45) is 0 Å². The minimum Gasteiger partial charge on any atom is -0.481 e. The highest BCUT2D eigenvalue weighted by Gasteiger charge is 2.17. The van der Waals surface area contributed by atoms with Crippen LogP contribution in [0.4, 0.5) is 0 Å². The highest BCUT2D eigenvalue weighted by molar-refractivity contribution is 7.16. The second-order valence-electron chi connectivity index (χ2n) is 3.55. The fourth-order valence-corrected chi connectivity index (χ4v) is 2.71. The molecule has 0 amide bonds. The number of carbonyl (C=O) groups is 1. The van der Waals surface area contributed by atoms with E-state index in [0.717, 1.165) is 9.21 Å². The molecule has 0 radical (unpaired) electrons. The maximum atomic E-state index is 10.5. The van der Waals surface area contributed by atoms with Gasteiger partial charge in [0.25, 0.3) is 0 Å². The summed E-state index contributed by atoms with van der Waals surface area (Å²) in [5, 5.41) is 8.66. The van der Waals surface area contributed by atoms with Gasteiger partial charge in [0.1, 0.15) is 0 Å². The number of rotatable bonds is 5. The predicted octanol–water partition coefficient (Wildman–Crippen LogP) is 2.87. The van der Waals surface area contributed by atoms with E-state index >= 15 is 0 Å². The maximum absolute atomic E-state index is 10.5. The van der Waals surface area contributed by atoms with E-state index in [9.17, 15) is 4.79 Å². The minimum atomic E-state index is -0.760. The lowest BCUT2D eigenvalue weighted by atomic mass is 10.1. The molecule has 1 unspecified atom stereocenters. The molecule has 0 aliphatic heterocycles. The number of halogens is 1. The van der Waals surface area contributed by atoms with Gasteiger partial charge < -0.3 is 10.0 Å². The second-order valence-corrected chi connectivity index (χ2v) is 5.30. The summed E-state index contributed by atoms with van der Waals surface area (Å²) in [6, 6.07) is 3.94. The third-order valence-corrected chi connectivity index (χ3v) is 3.51. The second kappa shape index (κ2) is 5.49. The average molecular weight is 248 g/mol. The summed E-state index contributed by atoms with van der Waals surface area (Å²) in [4.78, 5) is 13.7. The summed E-state index contributed by atoms with van der Waals surface area (Å²) in [6.07, 6.45) is 0.789. The Bertz CT molecular complexity index is 338. The van der Waals surface area contributed by atoms with E-state index in [2.05, 4.69) is 0 Å². The van der Waals surface area contributed by atoms with Gasteiger partial charge in [0.15, 0.2) is 0 Å². The SMILES string of the molecule is CN(C)C(CCC(=O)O)c1ccc(Cl)s1. The van der Waals surface area contributed by atoms with E-state index in [1.165, 1.54) is 11.3 Å². The third-order valence-electron chi connectivity index (χ3n) is 2.18. The fourth-order valence-electron chi connectivity index (χ4n) is 1.42. The van der Waals surface area contributed by atoms with Gasteiger partial charge in [-0.2, -0.15) is 0 Å². The van der Waals surface area contributed by atoms with Crippen molar-refractivity contribution in [2.45, 2.75) is 18.9 Å². The van der Waals surface area contributed by atoms with E-state index in [1.807, 2.05) is 31.1 Å². The van der Waals surface area contributed by atoms with Gasteiger partial charge in [-0.1, -0.05) is 11.6 Å². The van der Waals surface area contributed by atoms with Crippen LogP contribution in [0.15, 0.2) is 12.1 Å². The normalized spacial score (nSPS) is 13.1. The Hall–Kier alpha value is -0.580. The van der Waals surface area contributed by atoms with Crippen molar-refractivity contribution >= 4 is 28.9 Å². The summed E-state index contributed by atoms with van der Waals surface area (Å²) in [5.74, 6) is -0.760. The van der Waals surface area contributed by atoms with E-state index in [1.54, 1.807) is 0 Å². The van der Waals surface area contributed by atoms with Crippen LogP contribution in [-0.2, 0) is 4.79 Å². The van der Waals surface area contributed by atoms with E-state index in [-0.39, 0.29) is 12.5 Å². The third kappa shape index (κ3) is 3.81. The van der Waals surface area contributed by atoms with E-state index in [0.29, 0.717) is 6.42 Å². The van der Waals surface area contributed by atoms with Crippen LogP contribution in [0.3, 0.4) is 0 Å². The maximum Gasteiger partial charge on any atom is 0.303 e. The van der Waals surface area contributed by atoms with Crippen LogP contribution in [0.1, 0.15) is 23.8 Å². The molecule has 1 N–H and O–H groups in total. The Morgan fingerprint density at radius 1 is 1.60 bits per heavy atom. The van der Waals surface area contributed by atoms with Crippen LogP contribution in [0.5, 0.6) is 0 Å². The largest absolute Gasteiger partial charge is 0.481 e. The minimum absolute atomic E-state index is 0.138. The highest BCUT2D eigenvalue weighted by Crippen LogP contribution is 2.32. The van der Waals surface area contributed by atoms with Crippen molar-refractivity contribution < 1.29 is 9.90 Å². The van der Waals surface area contributed by atoms with Gasteiger partial charge in [0, 0.05) is 17.3 Å². The van der Waals surface area contributed by atoms with Crippen molar-refractivity contribution in [1.29, 1.82) is 0 Å². The molecule has 3 nitrogen and oxygen atoms in total. The van der Waals surface area contributed by atoms with Crippen molar-refractivity contribution in [3.63, 3.8) is 0 Å². The zero-order valence-electron chi connectivity index (χ0n) is 8.74. The van der Waals surface area contributed by atoms with Crippen LogP contribution in [0, 0.1) is 0 Å². The molecule has 0 aliphatic rings. The Labute approximate surface area is 98.3 Å². The van der Waals surface area contributed by atoms with Crippen molar-refractivity contribution in [3.8, 4) is 0 Å². The number of hydrogen-bond acceptors (Lipinski definition) is 3. The molecule has 15 heavy (non-hydrogen) atoms. The first-order valence-corrected chi connectivity index (χ1v) is 5.83. The Morgan fingerprint density at radius 2 is 2.27 bits per heavy atom. The molecule has 0 fully saturated rings. The molecule has 0 aliphatic carbocycles. The van der Waals surface area contributed by atoms with Gasteiger partial charge in [-0.3, -0.25) is 4.79 Å². The fraction of sp³-hybridized carbons (Fsp3) is 0.500. The lowest BCUT2D eigenvalue weighted by molar-refractivity contribution is -0.137. The van der Waals surface area contributed by atoms with E-state index < -0.39 is 5.97 Å². The Balaban J connectivity index is 2.70. The first-order valence-electron chi connectivity index (χ1n) is 4.64. The standard InChI is InChI=1S/C10H14ClNO2S/c1-12(2)7(3-6-10(13)14)8-4-5-9(11)15-8/h4-5,7H,3,6H2,1-2H3,(H,13,14). The summed E-state index contributed by atoms with van der Waals surface area (Å²) < 4.78 is 0.743. The number of carboxylic acid groups (broad SMARTS) is 1. The molecule has 0 aromatic carbocycles. The molecule has 0 spiro atoms. The van der Waals surface area contributed by atoms with Crippen molar-refractivity contribution in [2.75, 3.05) is 14.1 Å². The molecular formula is C10H14ClNO2S. The zero-order valence-corrected chi connectivity index (χ0v) is 10.3. The topological polar surface area (TPSA) is 40.5 Å². The van der Waals surface area contributed by atoms with Crippen molar-refractivity contribution in [3.05, 3.63) is 21.3 Å². The summed E-state index contributed by atoms with van der Waals surface area (Å²) in [6.45, 7) is 0. The van der Waals surface area contributed by atoms with Gasteiger partial charge in [0.2, 0.25) is 0 Å². The molecule has 1 rings (SSSR count). The van der Waals surface area contributed by atoms with E-state index in [4.69, 9.17) is 16.7 Å². The number of aliphatic carboxylic acids is 1. The number of thiophene rings is 1. The van der Waals surface area contributed by atoms with Crippen LogP contribution in [-0.4, -0.2) is 30.1 Å². The summed E-state index contributed by atoms with van der Waals surface area (Å²) >= 11 is 7.36. The van der Waals surface area contributed by atoms with Gasteiger partial charge in [-0.15, -0.1) is 11.3 Å². The number of carboxylic acids is 1. The van der Waals surface area contributed by atoms with Crippen LogP contribution >= 0.6 is 22.9 Å². The van der Waals surface area contributed by atoms with Crippen LogP contribution in [0.25, 0.3) is 0 Å². The summed E-state index contributed by atoms with van der Waals surface area (Å²) in [5.41, 5.74) is 0. The van der Waals surface area contributed by atoms with Gasteiger partial charge >= 0.3 is 5.97 Å². The van der Waals surface area contributed by atoms with Gasteiger partial charge in [0.05, 0.1) is 4.34 Å². The molecular weight excluding hydrogens is 234 g/mol. The first kappa shape index (κ1) is 12.5.